The molecule has 0 bridgehead atoms. The van der Waals surface area contributed by atoms with E-state index in [1.54, 1.807) is 0 Å². The number of hydrogen-bond acceptors (Lipinski definition) is 2. The second-order valence-electron chi connectivity index (χ2n) is 7.43. The Kier molecular flexibility index (Phi) is 9.61. The Morgan fingerprint density at radius 1 is 1.31 bits per heavy atom. The van der Waals surface area contributed by atoms with Crippen LogP contribution in [0.2, 0.25) is 0 Å². The fraction of sp³-hybridized carbons (Fsp3) is 0.571. The predicted octanol–water partition coefficient (Wildman–Crippen LogP) is 3.92. The van der Waals surface area contributed by atoms with Crippen molar-refractivity contribution in [3.05, 3.63) is 35.5 Å². The van der Waals surface area contributed by atoms with Crippen LogP contribution in [0.1, 0.15) is 30.9 Å². The van der Waals surface area contributed by atoms with Gasteiger partial charge in [-0.25, -0.2) is 8.78 Å². The largest absolute Gasteiger partial charge is 0.361 e. The van der Waals surface area contributed by atoms with Crippen LogP contribution in [0.4, 0.5) is 8.78 Å². The monoisotopic (exact) mass is 519 g/mol. The van der Waals surface area contributed by atoms with Crippen LogP contribution in [0.15, 0.2) is 29.4 Å². The first kappa shape index (κ1) is 23.9. The van der Waals surface area contributed by atoms with E-state index in [1.165, 1.54) is 22.0 Å². The lowest BCUT2D eigenvalue weighted by Gasteiger charge is -2.32. The fourth-order valence-electron chi connectivity index (χ4n) is 3.83. The number of likely N-dealkylation sites (tertiary alicyclic amines) is 1. The molecule has 1 aliphatic rings. The van der Waals surface area contributed by atoms with Crippen molar-refractivity contribution in [2.45, 2.75) is 45.6 Å². The molecule has 0 saturated carbocycles. The molecular weight excluding hydrogens is 487 g/mol. The van der Waals surface area contributed by atoms with Crippen molar-refractivity contribution in [1.82, 2.24) is 20.5 Å². The van der Waals surface area contributed by atoms with E-state index in [-0.39, 0.29) is 36.6 Å². The van der Waals surface area contributed by atoms with Crippen LogP contribution < -0.4 is 10.6 Å². The highest BCUT2D eigenvalue weighted by Gasteiger charge is 2.21. The molecule has 0 amide bonds. The Bertz CT molecular complexity index is 784. The summed E-state index contributed by atoms with van der Waals surface area (Å²) in [6, 6.07) is 6.63. The van der Waals surface area contributed by atoms with E-state index >= 15 is 0 Å². The lowest BCUT2D eigenvalue weighted by molar-refractivity contribution is 0.0744. The Hall–Kier alpha value is -1.42. The third-order valence-electron chi connectivity index (χ3n) is 5.33. The molecule has 2 heterocycles. The number of aliphatic imine (C=N–C) groups is 1. The molecule has 0 unspecified atom stereocenters. The van der Waals surface area contributed by atoms with Gasteiger partial charge < -0.3 is 15.6 Å². The van der Waals surface area contributed by atoms with Gasteiger partial charge in [-0.1, -0.05) is 18.2 Å². The summed E-state index contributed by atoms with van der Waals surface area (Å²) in [6.45, 7) is 6.94. The molecule has 1 aromatic carbocycles. The summed E-state index contributed by atoms with van der Waals surface area (Å²) in [5, 5.41) is 8.03. The van der Waals surface area contributed by atoms with E-state index in [0.29, 0.717) is 19.6 Å². The van der Waals surface area contributed by atoms with Gasteiger partial charge in [-0.2, -0.15) is 0 Å². The van der Waals surface area contributed by atoms with Gasteiger partial charge in [-0.3, -0.25) is 9.89 Å². The number of guanidine groups is 1. The highest BCUT2D eigenvalue weighted by Crippen LogP contribution is 2.21. The predicted molar refractivity (Wildman–Crippen MR) is 127 cm³/mol. The van der Waals surface area contributed by atoms with Gasteiger partial charge >= 0.3 is 0 Å². The summed E-state index contributed by atoms with van der Waals surface area (Å²) in [6.07, 6.45) is 2.41. The minimum absolute atomic E-state index is 0. The first-order valence-corrected chi connectivity index (χ1v) is 10.2. The lowest BCUT2D eigenvalue weighted by Crippen LogP contribution is -2.49. The number of para-hydroxylation sites is 1. The minimum Gasteiger partial charge on any atom is -0.361 e. The highest BCUT2D eigenvalue weighted by molar-refractivity contribution is 14.0. The maximum Gasteiger partial charge on any atom is 0.251 e. The van der Waals surface area contributed by atoms with Crippen LogP contribution in [0, 0.1) is 6.92 Å². The van der Waals surface area contributed by atoms with Crippen molar-refractivity contribution in [2.75, 3.05) is 32.7 Å². The smallest absolute Gasteiger partial charge is 0.251 e. The third-order valence-corrected chi connectivity index (χ3v) is 5.33. The Morgan fingerprint density at radius 2 is 2.07 bits per heavy atom. The van der Waals surface area contributed by atoms with Gasteiger partial charge in [0.05, 0.1) is 6.54 Å². The fourth-order valence-corrected chi connectivity index (χ4v) is 3.83. The van der Waals surface area contributed by atoms with Crippen molar-refractivity contribution in [3.63, 3.8) is 0 Å². The zero-order chi connectivity index (χ0) is 19.9. The van der Waals surface area contributed by atoms with Crippen LogP contribution in [0.5, 0.6) is 0 Å². The molecule has 0 atom stereocenters. The van der Waals surface area contributed by atoms with Gasteiger partial charge in [0.1, 0.15) is 0 Å². The number of alkyl halides is 2. The number of halogens is 3. The molecule has 8 heteroatoms. The van der Waals surface area contributed by atoms with Crippen molar-refractivity contribution in [1.29, 1.82) is 0 Å². The van der Waals surface area contributed by atoms with Crippen molar-refractivity contribution in [3.8, 4) is 0 Å². The van der Waals surface area contributed by atoms with Crippen molar-refractivity contribution in [2.24, 2.45) is 4.99 Å². The maximum atomic E-state index is 12.5. The number of nitrogens with zero attached hydrogens (tertiary/aromatic N) is 2. The normalized spacial score (nSPS) is 16.2. The van der Waals surface area contributed by atoms with Crippen LogP contribution >= 0.6 is 24.0 Å². The summed E-state index contributed by atoms with van der Waals surface area (Å²) in [4.78, 5) is 9.93. The molecule has 2 aromatic rings. The second-order valence-corrected chi connectivity index (χ2v) is 7.43. The summed E-state index contributed by atoms with van der Waals surface area (Å²) in [7, 11) is 0. The van der Waals surface area contributed by atoms with E-state index < -0.39 is 6.43 Å². The zero-order valence-corrected chi connectivity index (χ0v) is 19.5. The number of hydrogen-bond donors (Lipinski definition) is 3. The number of aromatic nitrogens is 1. The summed E-state index contributed by atoms with van der Waals surface area (Å²) < 4.78 is 25.0. The molecule has 3 rings (SSSR count). The van der Waals surface area contributed by atoms with Crippen molar-refractivity contribution < 1.29 is 8.78 Å². The Labute approximate surface area is 188 Å². The van der Waals surface area contributed by atoms with E-state index in [9.17, 15) is 8.78 Å². The van der Waals surface area contributed by atoms with Crippen LogP contribution in [-0.4, -0.2) is 61.0 Å². The van der Waals surface area contributed by atoms with Crippen LogP contribution in [0.25, 0.3) is 10.9 Å². The molecule has 0 radical (unpaired) electrons. The molecule has 0 spiro atoms. The molecule has 162 valence electrons. The molecule has 3 N–H and O–H groups in total. The number of fused-ring (bicyclic) bond motifs is 1. The summed E-state index contributed by atoms with van der Waals surface area (Å²) >= 11 is 0. The molecule has 1 saturated heterocycles. The quantitative estimate of drug-likeness (QED) is 0.296. The zero-order valence-electron chi connectivity index (χ0n) is 17.2. The summed E-state index contributed by atoms with van der Waals surface area (Å²) in [5.41, 5.74) is 3.72. The minimum atomic E-state index is -2.25. The van der Waals surface area contributed by atoms with Gasteiger partial charge in [0.15, 0.2) is 5.96 Å². The number of piperidine rings is 1. The standard InChI is InChI=1S/C21H31F2N5.HI/c1-3-24-21(27-17-8-11-28(12-9-17)14-19(22)23)25-10-7-16-13-26-20-15(2)5-4-6-18(16)20;/h4-6,13,17,19,26H,3,7-12,14H2,1-2H3,(H2,24,25,27);1H. The van der Waals surface area contributed by atoms with Gasteiger partial charge in [0.2, 0.25) is 0 Å². The number of benzene rings is 1. The van der Waals surface area contributed by atoms with Gasteiger partial charge in [-0.05, 0) is 44.2 Å². The van der Waals surface area contributed by atoms with Gasteiger partial charge in [0, 0.05) is 49.3 Å². The number of rotatable bonds is 7. The maximum absolute atomic E-state index is 12.5. The number of nitrogens with one attached hydrogen (secondary N) is 3. The van der Waals surface area contributed by atoms with E-state index in [2.05, 4.69) is 46.9 Å². The third kappa shape index (κ3) is 6.80. The number of H-pyrrole nitrogens is 1. The molecule has 5 nitrogen and oxygen atoms in total. The molecular formula is C21H32F2IN5. The molecule has 0 aliphatic carbocycles. The van der Waals surface area contributed by atoms with Gasteiger partial charge in [-0.15, -0.1) is 24.0 Å². The molecule has 1 aromatic heterocycles. The van der Waals surface area contributed by atoms with E-state index in [1.807, 2.05) is 11.8 Å². The van der Waals surface area contributed by atoms with E-state index in [4.69, 9.17) is 4.99 Å². The summed E-state index contributed by atoms with van der Waals surface area (Å²) in [5.74, 6) is 0.811. The van der Waals surface area contributed by atoms with Crippen LogP contribution in [0.3, 0.4) is 0 Å². The molecule has 29 heavy (non-hydrogen) atoms. The number of aryl methyl sites for hydroxylation is 1. The first-order chi connectivity index (χ1) is 13.6. The number of aromatic amines is 1. The Morgan fingerprint density at radius 3 is 2.76 bits per heavy atom. The first-order valence-electron chi connectivity index (χ1n) is 10.2. The van der Waals surface area contributed by atoms with Crippen molar-refractivity contribution >= 4 is 40.8 Å². The van der Waals surface area contributed by atoms with Gasteiger partial charge in [0.25, 0.3) is 6.43 Å². The van der Waals surface area contributed by atoms with E-state index in [0.717, 1.165) is 31.8 Å². The molecule has 1 fully saturated rings. The highest BCUT2D eigenvalue weighted by atomic mass is 127. The Balaban J connectivity index is 0.00000300. The lowest BCUT2D eigenvalue weighted by atomic mass is 10.1. The average molecular weight is 519 g/mol. The topological polar surface area (TPSA) is 55.5 Å². The second kappa shape index (κ2) is 11.7. The molecule has 1 aliphatic heterocycles. The van der Waals surface area contributed by atoms with Crippen LogP contribution in [-0.2, 0) is 6.42 Å². The SMILES string of the molecule is CCNC(=NCCc1c[nH]c2c(C)cccc12)NC1CCN(CC(F)F)CC1.I. The average Bonchev–Trinajstić information content (AvgIpc) is 3.08.